The molecule has 0 N–H and O–H groups in total. The highest BCUT2D eigenvalue weighted by atomic mass is 32.1. The molecule has 0 fully saturated rings. The van der Waals surface area contributed by atoms with Crippen molar-refractivity contribution in [3.8, 4) is 9.88 Å². The molecule has 124 valence electrons. The van der Waals surface area contributed by atoms with Crippen molar-refractivity contribution in [1.82, 2.24) is 20.0 Å². The largest absolute Gasteiger partial charge is 0.437 e. The highest BCUT2D eigenvalue weighted by Crippen LogP contribution is 2.27. The fraction of sp³-hybridized carbons (Fsp3) is 0.0625. The van der Waals surface area contributed by atoms with Gasteiger partial charge in [0.1, 0.15) is 10.5 Å². The number of rotatable bonds is 4. The number of ether oxygens (including phenoxy) is 1. The second kappa shape index (κ2) is 6.54. The van der Waals surface area contributed by atoms with Crippen molar-refractivity contribution in [1.29, 1.82) is 0 Å². The molecule has 0 unspecified atom stereocenters. The number of thiazole rings is 1. The van der Waals surface area contributed by atoms with Gasteiger partial charge in [0.05, 0.1) is 10.3 Å². The molecule has 0 atom stereocenters. The van der Waals surface area contributed by atoms with E-state index in [4.69, 9.17) is 4.74 Å². The van der Waals surface area contributed by atoms with E-state index in [0.29, 0.717) is 10.9 Å². The number of thiophene rings is 1. The average molecular weight is 370 g/mol. The standard InChI is InChI=1S/C16H10N4O3S2/c21-15-10-4-1-2-5-11(10)18-19-20(15)9-23-16(22)12-8-25-14(17-12)13-6-3-7-24-13/h1-8H,9H2. The summed E-state index contributed by atoms with van der Waals surface area (Å²) in [5.41, 5.74) is 0.335. The zero-order valence-electron chi connectivity index (χ0n) is 12.7. The topological polar surface area (TPSA) is 87.0 Å². The fourth-order valence-corrected chi connectivity index (χ4v) is 3.79. The number of hydrogen-bond donors (Lipinski definition) is 0. The number of fused-ring (bicyclic) bond motifs is 1. The number of benzene rings is 1. The van der Waals surface area contributed by atoms with Gasteiger partial charge in [-0.3, -0.25) is 4.79 Å². The van der Waals surface area contributed by atoms with E-state index in [-0.39, 0.29) is 18.0 Å². The Kier molecular flexibility index (Phi) is 4.08. The third-order valence-electron chi connectivity index (χ3n) is 3.39. The summed E-state index contributed by atoms with van der Waals surface area (Å²) >= 11 is 2.91. The number of hydrogen-bond acceptors (Lipinski definition) is 8. The third-order valence-corrected chi connectivity index (χ3v) is 5.27. The van der Waals surface area contributed by atoms with Gasteiger partial charge in [-0.05, 0) is 23.6 Å². The Labute approximate surface area is 149 Å². The summed E-state index contributed by atoms with van der Waals surface area (Å²) in [6.07, 6.45) is 0. The molecule has 9 heteroatoms. The highest BCUT2D eigenvalue weighted by Gasteiger charge is 2.15. The minimum atomic E-state index is -0.610. The first-order valence-corrected chi connectivity index (χ1v) is 8.97. The van der Waals surface area contributed by atoms with Crippen LogP contribution in [-0.4, -0.2) is 25.9 Å². The summed E-state index contributed by atoms with van der Waals surface area (Å²) in [4.78, 5) is 29.7. The molecule has 3 heterocycles. The predicted molar refractivity (Wildman–Crippen MR) is 94.6 cm³/mol. The maximum absolute atomic E-state index is 12.3. The predicted octanol–water partition coefficient (Wildman–Crippen LogP) is 2.79. The molecule has 0 saturated heterocycles. The second-order valence-electron chi connectivity index (χ2n) is 4.99. The van der Waals surface area contributed by atoms with Gasteiger partial charge in [0, 0.05) is 5.38 Å². The normalized spacial score (nSPS) is 10.9. The van der Waals surface area contributed by atoms with Gasteiger partial charge in [-0.15, -0.1) is 27.8 Å². The minimum absolute atomic E-state index is 0.204. The van der Waals surface area contributed by atoms with E-state index in [1.165, 1.54) is 11.3 Å². The first-order chi connectivity index (χ1) is 12.2. The minimum Gasteiger partial charge on any atom is -0.437 e. The monoisotopic (exact) mass is 370 g/mol. The Morgan fingerprint density at radius 3 is 2.88 bits per heavy atom. The van der Waals surface area contributed by atoms with Gasteiger partial charge >= 0.3 is 5.97 Å². The van der Waals surface area contributed by atoms with Crippen LogP contribution in [0.3, 0.4) is 0 Å². The fourth-order valence-electron chi connectivity index (χ4n) is 2.18. The van der Waals surface area contributed by atoms with Crippen molar-refractivity contribution >= 4 is 39.5 Å². The van der Waals surface area contributed by atoms with Gasteiger partial charge in [0.25, 0.3) is 5.56 Å². The Morgan fingerprint density at radius 2 is 2.04 bits per heavy atom. The summed E-state index contributed by atoms with van der Waals surface area (Å²) in [5, 5.41) is 12.5. The lowest BCUT2D eigenvalue weighted by Crippen LogP contribution is -2.26. The quantitative estimate of drug-likeness (QED) is 0.514. The van der Waals surface area contributed by atoms with Gasteiger partial charge in [0.15, 0.2) is 12.4 Å². The first kappa shape index (κ1) is 15.6. The molecule has 0 bridgehead atoms. The van der Waals surface area contributed by atoms with E-state index < -0.39 is 5.97 Å². The van der Waals surface area contributed by atoms with Crippen LogP contribution in [0.2, 0.25) is 0 Å². The molecule has 0 radical (unpaired) electrons. The van der Waals surface area contributed by atoms with Crippen LogP contribution in [0, 0.1) is 0 Å². The lowest BCUT2D eigenvalue weighted by molar-refractivity contribution is 0.0330. The molecule has 4 rings (SSSR count). The van der Waals surface area contributed by atoms with Crippen molar-refractivity contribution < 1.29 is 9.53 Å². The molecule has 0 saturated carbocycles. The molecule has 0 aliphatic heterocycles. The zero-order chi connectivity index (χ0) is 17.2. The van der Waals surface area contributed by atoms with Gasteiger partial charge < -0.3 is 4.74 Å². The van der Waals surface area contributed by atoms with E-state index in [1.807, 2.05) is 17.5 Å². The summed E-state index contributed by atoms with van der Waals surface area (Å²) in [6.45, 7) is -0.318. The lowest BCUT2D eigenvalue weighted by atomic mass is 10.2. The van der Waals surface area contributed by atoms with Crippen LogP contribution >= 0.6 is 22.7 Å². The maximum atomic E-state index is 12.3. The summed E-state index contributed by atoms with van der Waals surface area (Å²) in [7, 11) is 0. The Morgan fingerprint density at radius 1 is 1.16 bits per heavy atom. The number of carbonyl (C=O) groups excluding carboxylic acids is 1. The van der Waals surface area contributed by atoms with E-state index in [9.17, 15) is 9.59 Å². The number of aromatic nitrogens is 4. The molecular weight excluding hydrogens is 360 g/mol. The Hall–Kier alpha value is -2.91. The summed E-state index contributed by atoms with van der Waals surface area (Å²) < 4.78 is 6.15. The zero-order valence-corrected chi connectivity index (χ0v) is 14.3. The number of carbonyl (C=O) groups is 1. The number of nitrogens with zero attached hydrogens (tertiary/aromatic N) is 4. The molecule has 25 heavy (non-hydrogen) atoms. The average Bonchev–Trinajstić information content (AvgIpc) is 3.32. The van der Waals surface area contributed by atoms with E-state index in [0.717, 1.165) is 14.6 Å². The van der Waals surface area contributed by atoms with Crippen LogP contribution in [-0.2, 0) is 11.5 Å². The lowest BCUT2D eigenvalue weighted by Gasteiger charge is -2.05. The van der Waals surface area contributed by atoms with Gasteiger partial charge in [0.2, 0.25) is 0 Å². The molecule has 4 aromatic rings. The van der Waals surface area contributed by atoms with Crippen LogP contribution in [0.15, 0.2) is 52.0 Å². The van der Waals surface area contributed by atoms with Crippen LogP contribution in [0.5, 0.6) is 0 Å². The molecule has 7 nitrogen and oxygen atoms in total. The highest BCUT2D eigenvalue weighted by molar-refractivity contribution is 7.20. The molecule has 0 aliphatic carbocycles. The second-order valence-corrected chi connectivity index (χ2v) is 6.79. The Bertz CT molecular complexity index is 1100. The molecule has 0 aliphatic rings. The van der Waals surface area contributed by atoms with Crippen LogP contribution in [0.4, 0.5) is 0 Å². The first-order valence-electron chi connectivity index (χ1n) is 7.21. The van der Waals surface area contributed by atoms with Crippen molar-refractivity contribution in [3.63, 3.8) is 0 Å². The number of esters is 1. The van der Waals surface area contributed by atoms with E-state index in [2.05, 4.69) is 15.3 Å². The van der Waals surface area contributed by atoms with Gasteiger partial charge in [-0.1, -0.05) is 23.4 Å². The van der Waals surface area contributed by atoms with E-state index in [1.54, 1.807) is 41.0 Å². The van der Waals surface area contributed by atoms with Crippen molar-refractivity contribution in [2.75, 3.05) is 0 Å². The van der Waals surface area contributed by atoms with Gasteiger partial charge in [-0.25, -0.2) is 9.78 Å². The van der Waals surface area contributed by atoms with Crippen molar-refractivity contribution in [3.05, 3.63) is 63.2 Å². The van der Waals surface area contributed by atoms with Crippen LogP contribution in [0.25, 0.3) is 20.8 Å². The maximum Gasteiger partial charge on any atom is 0.359 e. The molecule has 3 aromatic heterocycles. The third kappa shape index (κ3) is 3.06. The smallest absolute Gasteiger partial charge is 0.359 e. The van der Waals surface area contributed by atoms with Crippen molar-refractivity contribution in [2.24, 2.45) is 0 Å². The molecule has 1 aromatic carbocycles. The van der Waals surface area contributed by atoms with Crippen LogP contribution in [0.1, 0.15) is 10.5 Å². The van der Waals surface area contributed by atoms with Crippen molar-refractivity contribution in [2.45, 2.75) is 6.73 Å². The van der Waals surface area contributed by atoms with E-state index >= 15 is 0 Å². The molecule has 0 spiro atoms. The Balaban J connectivity index is 1.51. The molecule has 0 amide bonds. The van der Waals surface area contributed by atoms with Gasteiger partial charge in [-0.2, -0.15) is 4.68 Å². The molecular formula is C16H10N4O3S2. The SMILES string of the molecule is O=C(OCn1nnc2ccccc2c1=O)c1csc(-c2cccs2)n1. The summed E-state index contributed by atoms with van der Waals surface area (Å²) in [5.74, 6) is -0.610. The van der Waals surface area contributed by atoms with Crippen LogP contribution < -0.4 is 5.56 Å². The summed E-state index contributed by atoms with van der Waals surface area (Å²) in [6, 6.07) is 10.7.